The monoisotopic (exact) mass is 450 g/mol. The van der Waals surface area contributed by atoms with Crippen LogP contribution in [0.1, 0.15) is 97.8 Å². The first-order chi connectivity index (χ1) is 15.5. The van der Waals surface area contributed by atoms with Crippen LogP contribution >= 0.6 is 0 Å². The minimum atomic E-state index is -0.908. The molecular weight excluding hydrogens is 404 g/mol. The molecule has 0 spiro atoms. The fourth-order valence-electron chi connectivity index (χ4n) is 4.14. The molecule has 1 aliphatic carbocycles. The number of ether oxygens (including phenoxy) is 2. The van der Waals surface area contributed by atoms with Crippen LogP contribution in [0.5, 0.6) is 0 Å². The smallest absolute Gasteiger partial charge is 0.332 e. The number of hydrogen-bond acceptors (Lipinski definition) is 4. The molecule has 0 radical (unpaired) electrons. The summed E-state index contributed by atoms with van der Waals surface area (Å²) in [6.45, 7) is 7.51. The van der Waals surface area contributed by atoms with Crippen molar-refractivity contribution in [2.24, 2.45) is 11.8 Å². The van der Waals surface area contributed by atoms with Crippen molar-refractivity contribution in [3.8, 4) is 0 Å². The second-order valence-corrected chi connectivity index (χ2v) is 8.88. The van der Waals surface area contributed by atoms with E-state index in [-0.39, 0.29) is 23.7 Å². The van der Waals surface area contributed by atoms with Crippen LogP contribution in [0.15, 0.2) is 24.3 Å². The molecule has 5 heteroatoms. The largest absolute Gasteiger partial charge is 0.479 e. The van der Waals surface area contributed by atoms with Crippen LogP contribution in [0.3, 0.4) is 0 Å². The number of aliphatic carboxylic acids is 1. The summed E-state index contributed by atoms with van der Waals surface area (Å²) in [6.07, 6.45) is 18.9. The third-order valence-corrected chi connectivity index (χ3v) is 6.07. The molecule has 5 nitrogen and oxygen atoms in total. The molecule has 0 aromatic carbocycles. The maximum absolute atomic E-state index is 12.7. The van der Waals surface area contributed by atoms with E-state index in [1.807, 2.05) is 19.1 Å². The van der Waals surface area contributed by atoms with Crippen molar-refractivity contribution < 1.29 is 24.2 Å². The maximum atomic E-state index is 12.7. The van der Waals surface area contributed by atoms with Crippen molar-refractivity contribution >= 4 is 11.8 Å². The zero-order chi connectivity index (χ0) is 23.6. The molecule has 0 amide bonds. The summed E-state index contributed by atoms with van der Waals surface area (Å²) in [5, 5.41) is 9.25. The molecule has 0 saturated heterocycles. The number of Topliss-reactive ketones (excluding diaryl/α,β-unsaturated/α-hetero) is 1. The van der Waals surface area contributed by atoms with E-state index in [1.54, 1.807) is 0 Å². The molecule has 0 heterocycles. The van der Waals surface area contributed by atoms with E-state index < -0.39 is 12.1 Å². The SMILES string of the molecule is CCCCCC/C=C/[C@H]1[C@H](OCCCC)CC(=O)[C@@H]1C/C=C\CCC(OCCC)C(=O)O. The molecular formula is C27H46O5. The highest BCUT2D eigenvalue weighted by molar-refractivity contribution is 5.85. The van der Waals surface area contributed by atoms with Gasteiger partial charge in [0.05, 0.1) is 6.10 Å². The van der Waals surface area contributed by atoms with Crippen molar-refractivity contribution in [3.05, 3.63) is 24.3 Å². The zero-order valence-electron chi connectivity index (χ0n) is 20.6. The minimum absolute atomic E-state index is 0.0156. The summed E-state index contributed by atoms with van der Waals surface area (Å²) in [5.41, 5.74) is 0. The van der Waals surface area contributed by atoms with Gasteiger partial charge in [-0.2, -0.15) is 0 Å². The fraction of sp³-hybridized carbons (Fsp3) is 0.778. The Bertz CT molecular complexity index is 568. The molecule has 1 rings (SSSR count). The third kappa shape index (κ3) is 11.4. The Morgan fingerprint density at radius 3 is 2.47 bits per heavy atom. The second-order valence-electron chi connectivity index (χ2n) is 8.88. The van der Waals surface area contributed by atoms with Gasteiger partial charge in [0.1, 0.15) is 5.78 Å². The average Bonchev–Trinajstić information content (AvgIpc) is 3.06. The number of rotatable bonds is 19. The van der Waals surface area contributed by atoms with Gasteiger partial charge in [0.2, 0.25) is 0 Å². The number of carbonyl (C=O) groups excluding carboxylic acids is 1. The second kappa shape index (κ2) is 18.0. The Kier molecular flexibility index (Phi) is 16.1. The van der Waals surface area contributed by atoms with Gasteiger partial charge < -0.3 is 14.6 Å². The predicted molar refractivity (Wildman–Crippen MR) is 130 cm³/mol. The van der Waals surface area contributed by atoms with Gasteiger partial charge in [-0.1, -0.05) is 70.8 Å². The molecule has 4 atom stereocenters. The number of ketones is 1. The molecule has 32 heavy (non-hydrogen) atoms. The van der Waals surface area contributed by atoms with Crippen molar-refractivity contribution in [2.45, 2.75) is 110 Å². The number of carboxylic acid groups (broad SMARTS) is 1. The highest BCUT2D eigenvalue weighted by Crippen LogP contribution is 2.35. The van der Waals surface area contributed by atoms with Gasteiger partial charge in [0.25, 0.3) is 0 Å². The van der Waals surface area contributed by atoms with Crippen LogP contribution in [0.4, 0.5) is 0 Å². The summed E-state index contributed by atoms with van der Waals surface area (Å²) in [4.78, 5) is 24.0. The Morgan fingerprint density at radius 2 is 1.78 bits per heavy atom. The summed E-state index contributed by atoms with van der Waals surface area (Å²) >= 11 is 0. The minimum Gasteiger partial charge on any atom is -0.479 e. The number of hydrogen-bond donors (Lipinski definition) is 1. The Labute approximate surface area is 195 Å². The molecule has 0 bridgehead atoms. The van der Waals surface area contributed by atoms with Crippen LogP contribution in [0, 0.1) is 11.8 Å². The standard InChI is InChI=1S/C27H46O5/c1-4-7-9-10-11-13-17-23-22(24(28)21-26(23)32-20-8-5-2)16-14-12-15-18-25(27(29)30)31-19-6-3/h12-14,17,22-23,25-26H,4-11,15-16,18-21H2,1-3H3,(H,29,30)/b14-12-,17-13+/t22-,23-,25?,26-/m1/s1. The lowest BCUT2D eigenvalue weighted by Crippen LogP contribution is -2.24. The highest BCUT2D eigenvalue weighted by Gasteiger charge is 2.40. The van der Waals surface area contributed by atoms with E-state index in [0.29, 0.717) is 38.9 Å². The van der Waals surface area contributed by atoms with E-state index in [1.165, 1.54) is 25.7 Å². The summed E-state index contributed by atoms with van der Waals surface area (Å²) in [5.74, 6) is -0.535. The molecule has 0 aromatic heterocycles. The van der Waals surface area contributed by atoms with Crippen LogP contribution in [-0.4, -0.2) is 42.3 Å². The van der Waals surface area contributed by atoms with Crippen molar-refractivity contribution in [2.75, 3.05) is 13.2 Å². The number of allylic oxidation sites excluding steroid dienone is 3. The lowest BCUT2D eigenvalue weighted by Gasteiger charge is -2.20. The molecule has 1 unspecified atom stereocenters. The van der Waals surface area contributed by atoms with Gasteiger partial charge in [-0.3, -0.25) is 4.79 Å². The normalized spacial score (nSPS) is 22.3. The van der Waals surface area contributed by atoms with Gasteiger partial charge in [-0.05, 0) is 44.9 Å². The first-order valence-corrected chi connectivity index (χ1v) is 12.8. The van der Waals surface area contributed by atoms with Crippen LogP contribution < -0.4 is 0 Å². The van der Waals surface area contributed by atoms with Crippen LogP contribution in [0.25, 0.3) is 0 Å². The Morgan fingerprint density at radius 1 is 1.00 bits per heavy atom. The summed E-state index contributed by atoms with van der Waals surface area (Å²) in [6, 6.07) is 0. The van der Waals surface area contributed by atoms with Gasteiger partial charge in [0, 0.05) is 31.5 Å². The molecule has 1 fully saturated rings. The van der Waals surface area contributed by atoms with Crippen LogP contribution in [0.2, 0.25) is 0 Å². The Hall–Kier alpha value is -1.46. The topological polar surface area (TPSA) is 72.8 Å². The van der Waals surface area contributed by atoms with E-state index in [0.717, 1.165) is 25.7 Å². The molecule has 184 valence electrons. The lowest BCUT2D eigenvalue weighted by molar-refractivity contribution is -0.150. The molecule has 1 aliphatic rings. The van der Waals surface area contributed by atoms with E-state index in [4.69, 9.17) is 9.47 Å². The Balaban J connectivity index is 2.61. The first-order valence-electron chi connectivity index (χ1n) is 12.8. The summed E-state index contributed by atoms with van der Waals surface area (Å²) < 4.78 is 11.5. The number of carboxylic acids is 1. The van der Waals surface area contributed by atoms with Crippen molar-refractivity contribution in [1.82, 2.24) is 0 Å². The van der Waals surface area contributed by atoms with Gasteiger partial charge in [-0.15, -0.1) is 0 Å². The van der Waals surface area contributed by atoms with Gasteiger partial charge >= 0.3 is 5.97 Å². The molecule has 0 aliphatic heterocycles. The fourth-order valence-corrected chi connectivity index (χ4v) is 4.14. The zero-order valence-corrected chi connectivity index (χ0v) is 20.6. The lowest BCUT2D eigenvalue weighted by atomic mass is 9.90. The predicted octanol–water partition coefficient (Wildman–Crippen LogP) is 6.51. The molecule has 1 saturated carbocycles. The number of unbranched alkanes of at least 4 members (excludes halogenated alkanes) is 5. The summed E-state index contributed by atoms with van der Waals surface area (Å²) in [7, 11) is 0. The van der Waals surface area contributed by atoms with E-state index >= 15 is 0 Å². The first kappa shape index (κ1) is 28.6. The van der Waals surface area contributed by atoms with Crippen LogP contribution in [-0.2, 0) is 19.1 Å². The maximum Gasteiger partial charge on any atom is 0.332 e. The van der Waals surface area contributed by atoms with Gasteiger partial charge in [0.15, 0.2) is 6.10 Å². The quantitative estimate of drug-likeness (QED) is 0.179. The van der Waals surface area contributed by atoms with Crippen molar-refractivity contribution in [1.29, 1.82) is 0 Å². The van der Waals surface area contributed by atoms with E-state index in [2.05, 4.69) is 26.0 Å². The molecule has 0 aromatic rings. The van der Waals surface area contributed by atoms with E-state index in [9.17, 15) is 14.7 Å². The van der Waals surface area contributed by atoms with Gasteiger partial charge in [-0.25, -0.2) is 4.79 Å². The average molecular weight is 451 g/mol. The highest BCUT2D eigenvalue weighted by atomic mass is 16.5. The van der Waals surface area contributed by atoms with Crippen molar-refractivity contribution in [3.63, 3.8) is 0 Å². The number of carbonyl (C=O) groups is 2. The molecule has 1 N–H and O–H groups in total. The third-order valence-electron chi connectivity index (χ3n) is 6.07.